The second kappa shape index (κ2) is 27.5. The number of thiol groups is 6. The van der Waals surface area contributed by atoms with Crippen LogP contribution in [0.4, 0.5) is 0 Å². The lowest BCUT2D eigenvalue weighted by atomic mass is 9.90. The lowest BCUT2D eigenvalue weighted by molar-refractivity contribution is -0.174. The molecule has 0 aromatic heterocycles. The molecule has 0 fully saturated rings. The molecular formula is C34H58O13S6. The summed E-state index contributed by atoms with van der Waals surface area (Å²) in [6.07, 6.45) is 2.11. The van der Waals surface area contributed by atoms with Crippen molar-refractivity contribution in [1.82, 2.24) is 0 Å². The third kappa shape index (κ3) is 19.5. The fourth-order valence-corrected chi connectivity index (χ4v) is 4.35. The van der Waals surface area contributed by atoms with Crippen LogP contribution in [0.25, 0.3) is 0 Å². The highest BCUT2D eigenvalue weighted by Crippen LogP contribution is 2.28. The van der Waals surface area contributed by atoms with Crippen LogP contribution in [0.1, 0.15) is 80.1 Å². The monoisotopic (exact) mass is 866 g/mol. The first-order valence-corrected chi connectivity index (χ1v) is 20.7. The Hall–Kier alpha value is -1.12. The van der Waals surface area contributed by atoms with Gasteiger partial charge in [-0.1, -0.05) is 41.5 Å². The average molecular weight is 867 g/mol. The van der Waals surface area contributed by atoms with Gasteiger partial charge in [-0.3, -0.25) is 28.8 Å². The SMILES string of the molecule is CCC(S)C(=O)OCC(COCC(COC(=O)C(S)CC)(COC(=O)C(S)CC)COC(=O)C(S)CC)(COC(=O)C(S)CC)COC(=O)C(S)CC. The van der Waals surface area contributed by atoms with Crippen molar-refractivity contribution in [3.8, 4) is 0 Å². The summed E-state index contributed by atoms with van der Waals surface area (Å²) in [5, 5.41) is -4.64. The molecule has 0 aliphatic rings. The smallest absolute Gasteiger partial charge is 0.318 e. The Morgan fingerprint density at radius 3 is 0.623 bits per heavy atom. The van der Waals surface area contributed by atoms with E-state index in [2.05, 4.69) is 75.8 Å². The molecule has 0 bridgehead atoms. The highest BCUT2D eigenvalue weighted by molar-refractivity contribution is 7.82. The molecule has 0 saturated heterocycles. The lowest BCUT2D eigenvalue weighted by Crippen LogP contribution is -2.48. The normalized spacial score (nSPS) is 17.0. The van der Waals surface area contributed by atoms with Gasteiger partial charge < -0.3 is 33.2 Å². The van der Waals surface area contributed by atoms with Crippen molar-refractivity contribution in [2.45, 2.75) is 112 Å². The fourth-order valence-electron chi connectivity index (χ4n) is 3.91. The highest BCUT2D eigenvalue weighted by Gasteiger charge is 2.42. The van der Waals surface area contributed by atoms with E-state index in [0.29, 0.717) is 38.5 Å². The van der Waals surface area contributed by atoms with Crippen LogP contribution in [0.2, 0.25) is 0 Å². The molecule has 308 valence electrons. The predicted molar refractivity (Wildman–Crippen MR) is 220 cm³/mol. The standard InChI is InChI=1S/C34H58O13S6/c1-7-21(48)27(35)42-15-33(16-43-28(36)22(49)8-2,17-44-29(37)23(50)9-3)13-41-14-34(18-45-30(38)24(51)10-4,19-46-31(39)25(52)11-5)20-47-32(40)26(53)12-6/h21-26,48-53H,7-20H2,1-6H3. The van der Waals surface area contributed by atoms with Gasteiger partial charge in [-0.15, -0.1) is 0 Å². The van der Waals surface area contributed by atoms with E-state index < -0.39 is 131 Å². The second-order valence-corrected chi connectivity index (χ2v) is 16.4. The van der Waals surface area contributed by atoms with Crippen LogP contribution in [-0.4, -0.2) is 120 Å². The molecule has 0 N–H and O–H groups in total. The van der Waals surface area contributed by atoms with Crippen molar-refractivity contribution >= 4 is 112 Å². The molecule has 53 heavy (non-hydrogen) atoms. The maximum absolute atomic E-state index is 12.8. The van der Waals surface area contributed by atoms with Crippen LogP contribution < -0.4 is 0 Å². The van der Waals surface area contributed by atoms with Crippen molar-refractivity contribution < 1.29 is 61.9 Å². The molecule has 0 aliphatic carbocycles. The summed E-state index contributed by atoms with van der Waals surface area (Å²) in [5.74, 6) is -4.05. The van der Waals surface area contributed by atoms with Gasteiger partial charge in [0.25, 0.3) is 0 Å². The quantitative estimate of drug-likeness (QED) is 0.0371. The van der Waals surface area contributed by atoms with Gasteiger partial charge in [0.15, 0.2) is 0 Å². The number of carbonyl (C=O) groups excluding carboxylic acids is 6. The average Bonchev–Trinajstić information content (AvgIpc) is 3.18. The number of carbonyl (C=O) groups is 6. The minimum Gasteiger partial charge on any atom is -0.464 e. The first kappa shape index (κ1) is 51.9. The molecule has 6 atom stereocenters. The third-order valence-electron chi connectivity index (χ3n) is 7.89. The first-order chi connectivity index (χ1) is 24.9. The van der Waals surface area contributed by atoms with Gasteiger partial charge in [-0.2, -0.15) is 75.8 Å². The molecule has 6 unspecified atom stereocenters. The number of rotatable bonds is 28. The van der Waals surface area contributed by atoms with E-state index in [4.69, 9.17) is 33.2 Å². The molecule has 0 aromatic carbocycles. The summed E-state index contributed by atoms with van der Waals surface area (Å²) in [6.45, 7) is 6.95. The Kier molecular flexibility index (Phi) is 26.9. The van der Waals surface area contributed by atoms with Crippen LogP contribution in [0, 0.1) is 10.8 Å². The van der Waals surface area contributed by atoms with Crippen molar-refractivity contribution in [2.75, 3.05) is 52.9 Å². The summed E-state index contributed by atoms with van der Waals surface area (Å²) >= 11 is 25.5. The summed E-state index contributed by atoms with van der Waals surface area (Å²) < 4.78 is 39.7. The molecule has 0 amide bonds. The van der Waals surface area contributed by atoms with Gasteiger partial charge in [0.2, 0.25) is 0 Å². The van der Waals surface area contributed by atoms with Gasteiger partial charge in [-0.05, 0) is 38.5 Å². The second-order valence-electron chi connectivity index (χ2n) is 12.7. The zero-order valence-electron chi connectivity index (χ0n) is 31.4. The Balaban J connectivity index is 6.95. The van der Waals surface area contributed by atoms with Gasteiger partial charge in [0.1, 0.15) is 39.6 Å². The maximum Gasteiger partial charge on any atom is 0.318 e. The Morgan fingerprint density at radius 1 is 0.340 bits per heavy atom. The summed E-state index contributed by atoms with van der Waals surface area (Å²) in [5.41, 5.74) is -3.01. The molecule has 0 aromatic rings. The van der Waals surface area contributed by atoms with Crippen molar-refractivity contribution in [3.05, 3.63) is 0 Å². The predicted octanol–water partition coefficient (Wildman–Crippen LogP) is 4.49. The van der Waals surface area contributed by atoms with Crippen LogP contribution in [0.5, 0.6) is 0 Å². The third-order valence-corrected chi connectivity index (χ3v) is 11.3. The first-order valence-electron chi connectivity index (χ1n) is 17.6. The van der Waals surface area contributed by atoms with Crippen molar-refractivity contribution in [1.29, 1.82) is 0 Å². The molecule has 0 radical (unpaired) electrons. The van der Waals surface area contributed by atoms with Gasteiger partial charge in [0.05, 0.1) is 55.5 Å². The van der Waals surface area contributed by atoms with Crippen LogP contribution >= 0.6 is 75.8 Å². The summed E-state index contributed by atoms with van der Waals surface area (Å²) in [7, 11) is 0. The van der Waals surface area contributed by atoms with E-state index in [9.17, 15) is 28.8 Å². The summed E-state index contributed by atoms with van der Waals surface area (Å²) in [4.78, 5) is 76.7. The minimum atomic E-state index is -1.50. The Labute approximate surface area is 346 Å². The molecule has 0 rings (SSSR count). The number of hydrogen-bond donors (Lipinski definition) is 6. The van der Waals surface area contributed by atoms with E-state index >= 15 is 0 Å². The van der Waals surface area contributed by atoms with E-state index in [-0.39, 0.29) is 0 Å². The van der Waals surface area contributed by atoms with Gasteiger partial charge >= 0.3 is 35.8 Å². The molecule has 19 heteroatoms. The minimum absolute atomic E-state index is 0.352. The largest absolute Gasteiger partial charge is 0.464 e. The lowest BCUT2D eigenvalue weighted by Gasteiger charge is -2.36. The van der Waals surface area contributed by atoms with Crippen molar-refractivity contribution in [2.24, 2.45) is 10.8 Å². The summed E-state index contributed by atoms with van der Waals surface area (Å²) in [6, 6.07) is 0. The van der Waals surface area contributed by atoms with Gasteiger partial charge in [-0.25, -0.2) is 0 Å². The number of esters is 6. The zero-order chi connectivity index (χ0) is 40.8. The van der Waals surface area contributed by atoms with E-state index in [0.717, 1.165) is 0 Å². The van der Waals surface area contributed by atoms with Crippen LogP contribution in [0.15, 0.2) is 0 Å². The topological polar surface area (TPSA) is 167 Å². The molecular weight excluding hydrogens is 809 g/mol. The molecule has 13 nitrogen and oxygen atoms in total. The molecule has 0 aliphatic heterocycles. The van der Waals surface area contributed by atoms with Crippen LogP contribution in [0.3, 0.4) is 0 Å². The van der Waals surface area contributed by atoms with E-state index in [1.807, 2.05) is 0 Å². The fraction of sp³-hybridized carbons (Fsp3) is 0.824. The van der Waals surface area contributed by atoms with E-state index in [1.54, 1.807) is 41.5 Å². The number of hydrogen-bond acceptors (Lipinski definition) is 19. The molecule has 0 saturated carbocycles. The number of ether oxygens (including phenoxy) is 7. The Bertz CT molecular complexity index is 945. The molecule has 0 spiro atoms. The highest BCUT2D eigenvalue weighted by atomic mass is 32.1. The maximum atomic E-state index is 12.8. The Morgan fingerprint density at radius 2 is 0.491 bits per heavy atom. The molecule has 0 heterocycles. The van der Waals surface area contributed by atoms with E-state index in [1.165, 1.54) is 0 Å². The van der Waals surface area contributed by atoms with Crippen LogP contribution in [-0.2, 0) is 61.9 Å². The van der Waals surface area contributed by atoms with Gasteiger partial charge in [0, 0.05) is 0 Å². The van der Waals surface area contributed by atoms with Crippen molar-refractivity contribution in [3.63, 3.8) is 0 Å². The zero-order valence-corrected chi connectivity index (χ0v) is 36.7.